The van der Waals surface area contributed by atoms with Gasteiger partial charge in [0.15, 0.2) is 4.34 Å². The monoisotopic (exact) mass is 460 g/mol. The standard InChI is InChI=1S/C19H13ClN4O2S3/c20-12-5-7-13(8-6-12)26-9-17-22-15(10-27-17)18(25)23-14-3-1-2-4-16(14)29-19-24-21-11-28-19/h1-8,10-11H,9H2,(H,23,25). The Labute approximate surface area is 183 Å². The van der Waals surface area contributed by atoms with Gasteiger partial charge in [-0.15, -0.1) is 21.5 Å². The average Bonchev–Trinajstić information content (AvgIpc) is 3.41. The summed E-state index contributed by atoms with van der Waals surface area (Å²) in [6, 6.07) is 14.6. The highest BCUT2D eigenvalue weighted by molar-refractivity contribution is 8.01. The van der Waals surface area contributed by atoms with Crippen LogP contribution in [0.25, 0.3) is 0 Å². The second-order valence-corrected chi connectivity index (χ2v) is 9.13. The van der Waals surface area contributed by atoms with Gasteiger partial charge < -0.3 is 10.1 Å². The molecule has 2 heterocycles. The Morgan fingerprint density at radius 2 is 1.97 bits per heavy atom. The lowest BCUT2D eigenvalue weighted by Crippen LogP contribution is -2.13. The zero-order valence-electron chi connectivity index (χ0n) is 14.7. The molecule has 0 saturated heterocycles. The molecule has 2 aromatic carbocycles. The zero-order chi connectivity index (χ0) is 20.1. The molecule has 6 nitrogen and oxygen atoms in total. The summed E-state index contributed by atoms with van der Waals surface area (Å²) in [6.45, 7) is 0.281. The zero-order valence-corrected chi connectivity index (χ0v) is 17.9. The van der Waals surface area contributed by atoms with Crippen LogP contribution in [0.1, 0.15) is 15.5 Å². The summed E-state index contributed by atoms with van der Waals surface area (Å²) in [7, 11) is 0. The van der Waals surface area contributed by atoms with E-state index in [1.807, 2.05) is 24.3 Å². The molecule has 0 aliphatic carbocycles. The smallest absolute Gasteiger partial charge is 0.275 e. The number of nitrogens with one attached hydrogen (secondary N) is 1. The number of hydrogen-bond donors (Lipinski definition) is 1. The van der Waals surface area contributed by atoms with Gasteiger partial charge in [0, 0.05) is 15.3 Å². The Kier molecular flexibility index (Phi) is 6.40. The van der Waals surface area contributed by atoms with E-state index in [0.717, 1.165) is 9.24 Å². The molecule has 0 spiro atoms. The number of ether oxygens (including phenoxy) is 1. The van der Waals surface area contributed by atoms with E-state index >= 15 is 0 Å². The molecule has 0 atom stereocenters. The van der Waals surface area contributed by atoms with Crippen molar-refractivity contribution in [3.8, 4) is 5.75 Å². The number of aromatic nitrogens is 3. The van der Waals surface area contributed by atoms with E-state index in [-0.39, 0.29) is 12.5 Å². The van der Waals surface area contributed by atoms with Gasteiger partial charge in [0.2, 0.25) is 0 Å². The molecule has 0 unspecified atom stereocenters. The first-order valence-corrected chi connectivity index (χ1v) is 11.3. The van der Waals surface area contributed by atoms with Crippen molar-refractivity contribution in [2.75, 3.05) is 5.32 Å². The molecule has 1 amide bonds. The minimum atomic E-state index is -0.274. The van der Waals surface area contributed by atoms with Crippen LogP contribution < -0.4 is 10.1 Å². The van der Waals surface area contributed by atoms with E-state index in [1.165, 1.54) is 34.4 Å². The van der Waals surface area contributed by atoms with Crippen LogP contribution in [0.2, 0.25) is 5.02 Å². The molecule has 146 valence electrons. The highest BCUT2D eigenvalue weighted by Gasteiger charge is 2.14. The predicted octanol–water partition coefficient (Wildman–Crippen LogP) is 5.63. The third kappa shape index (κ3) is 5.33. The van der Waals surface area contributed by atoms with E-state index in [9.17, 15) is 4.79 Å². The quantitative estimate of drug-likeness (QED) is 0.385. The van der Waals surface area contributed by atoms with Crippen LogP contribution in [-0.2, 0) is 6.61 Å². The van der Waals surface area contributed by atoms with Crippen molar-refractivity contribution in [2.45, 2.75) is 15.8 Å². The normalized spacial score (nSPS) is 10.7. The highest BCUT2D eigenvalue weighted by atomic mass is 35.5. The Bertz CT molecular complexity index is 1100. The lowest BCUT2D eigenvalue weighted by Gasteiger charge is -2.08. The summed E-state index contributed by atoms with van der Waals surface area (Å²) >= 11 is 10.1. The minimum Gasteiger partial charge on any atom is -0.486 e. The molecule has 0 fully saturated rings. The molecule has 2 aromatic heterocycles. The minimum absolute atomic E-state index is 0.274. The molecule has 1 N–H and O–H groups in total. The van der Waals surface area contributed by atoms with E-state index in [2.05, 4.69) is 20.5 Å². The summed E-state index contributed by atoms with van der Waals surface area (Å²) in [5, 5.41) is 13.9. The molecule has 0 radical (unpaired) electrons. The summed E-state index contributed by atoms with van der Waals surface area (Å²) in [6.07, 6.45) is 0. The van der Waals surface area contributed by atoms with Crippen molar-refractivity contribution in [1.29, 1.82) is 0 Å². The van der Waals surface area contributed by atoms with Gasteiger partial charge in [-0.2, -0.15) is 0 Å². The first-order valence-electron chi connectivity index (χ1n) is 8.34. The van der Waals surface area contributed by atoms with Crippen molar-refractivity contribution in [1.82, 2.24) is 15.2 Å². The first-order chi connectivity index (χ1) is 14.2. The van der Waals surface area contributed by atoms with E-state index in [0.29, 0.717) is 27.2 Å². The van der Waals surface area contributed by atoms with Gasteiger partial charge in [0.25, 0.3) is 5.91 Å². The topological polar surface area (TPSA) is 77.0 Å². The summed E-state index contributed by atoms with van der Waals surface area (Å²) in [5.41, 5.74) is 2.72. The van der Waals surface area contributed by atoms with Gasteiger partial charge >= 0.3 is 0 Å². The van der Waals surface area contributed by atoms with Gasteiger partial charge in [-0.1, -0.05) is 46.8 Å². The van der Waals surface area contributed by atoms with Gasteiger partial charge in [0.05, 0.1) is 5.69 Å². The van der Waals surface area contributed by atoms with Crippen molar-refractivity contribution in [3.63, 3.8) is 0 Å². The van der Waals surface area contributed by atoms with Gasteiger partial charge in [0.1, 0.15) is 28.6 Å². The summed E-state index contributed by atoms with van der Waals surface area (Å²) in [5.74, 6) is 0.419. The van der Waals surface area contributed by atoms with Crippen LogP contribution in [0.15, 0.2) is 68.7 Å². The number of halogens is 1. The number of anilines is 1. The Balaban J connectivity index is 1.40. The molecule has 0 saturated carbocycles. The third-order valence-electron chi connectivity index (χ3n) is 3.63. The SMILES string of the molecule is O=C(Nc1ccccc1Sc1nncs1)c1csc(COc2ccc(Cl)cc2)n1. The van der Waals surface area contributed by atoms with E-state index in [4.69, 9.17) is 16.3 Å². The van der Waals surface area contributed by atoms with Crippen LogP contribution in [0.4, 0.5) is 5.69 Å². The number of carbonyl (C=O) groups excluding carboxylic acids is 1. The molecule has 0 aliphatic heterocycles. The lowest BCUT2D eigenvalue weighted by atomic mass is 10.3. The molecule has 0 aliphatic rings. The van der Waals surface area contributed by atoms with Gasteiger partial charge in [-0.3, -0.25) is 4.79 Å². The average molecular weight is 461 g/mol. The second-order valence-electron chi connectivity index (χ2n) is 5.63. The van der Waals surface area contributed by atoms with Crippen LogP contribution in [0.5, 0.6) is 5.75 Å². The molecule has 10 heteroatoms. The number of amides is 1. The number of carbonyl (C=O) groups is 1. The number of thiazole rings is 1. The van der Waals surface area contributed by atoms with Crippen LogP contribution >= 0.6 is 46.0 Å². The fraction of sp³-hybridized carbons (Fsp3) is 0.0526. The number of benzene rings is 2. The van der Waals surface area contributed by atoms with Crippen molar-refractivity contribution in [2.24, 2.45) is 0 Å². The molecule has 0 bridgehead atoms. The molecular weight excluding hydrogens is 448 g/mol. The Morgan fingerprint density at radius 1 is 1.14 bits per heavy atom. The van der Waals surface area contributed by atoms with Crippen molar-refractivity contribution < 1.29 is 9.53 Å². The highest BCUT2D eigenvalue weighted by Crippen LogP contribution is 2.34. The predicted molar refractivity (Wildman–Crippen MR) is 116 cm³/mol. The Hall–Kier alpha value is -2.46. The molecule has 4 aromatic rings. The number of hydrogen-bond acceptors (Lipinski definition) is 8. The first kappa shape index (κ1) is 19.8. The van der Waals surface area contributed by atoms with Gasteiger partial charge in [-0.05, 0) is 36.4 Å². The third-order valence-corrected chi connectivity index (χ3v) is 6.56. The maximum atomic E-state index is 12.6. The fourth-order valence-electron chi connectivity index (χ4n) is 2.30. The number of nitrogens with zero attached hydrogens (tertiary/aromatic N) is 3. The summed E-state index contributed by atoms with van der Waals surface area (Å²) in [4.78, 5) is 17.9. The summed E-state index contributed by atoms with van der Waals surface area (Å²) < 4.78 is 6.49. The van der Waals surface area contributed by atoms with Crippen molar-refractivity contribution >= 4 is 57.6 Å². The maximum Gasteiger partial charge on any atom is 0.275 e. The fourth-order valence-corrected chi connectivity index (χ4v) is 4.64. The second kappa shape index (κ2) is 9.36. The largest absolute Gasteiger partial charge is 0.486 e. The molecular formula is C19H13ClN4O2S3. The van der Waals surface area contributed by atoms with Crippen LogP contribution in [-0.4, -0.2) is 21.1 Å². The van der Waals surface area contributed by atoms with Gasteiger partial charge in [-0.25, -0.2) is 4.98 Å². The van der Waals surface area contributed by atoms with E-state index < -0.39 is 0 Å². The van der Waals surface area contributed by atoms with E-state index in [1.54, 1.807) is 35.2 Å². The van der Waals surface area contributed by atoms with Crippen molar-refractivity contribution in [3.05, 3.63) is 75.1 Å². The number of rotatable bonds is 7. The maximum absolute atomic E-state index is 12.6. The Morgan fingerprint density at radius 3 is 2.76 bits per heavy atom. The lowest BCUT2D eigenvalue weighted by molar-refractivity contribution is 0.102. The molecule has 29 heavy (non-hydrogen) atoms. The van der Waals surface area contributed by atoms with Crippen LogP contribution in [0.3, 0.4) is 0 Å². The van der Waals surface area contributed by atoms with Crippen LogP contribution in [0, 0.1) is 0 Å². The molecule has 4 rings (SSSR count). The number of para-hydroxylation sites is 1.